The maximum absolute atomic E-state index is 11.6. The average Bonchev–Trinajstić information content (AvgIpc) is 2.68. The molecule has 1 fully saturated rings. The largest absolute Gasteiger partial charge is 0.478 e. The number of aromatic nitrogens is 1. The molecule has 0 amide bonds. The highest BCUT2D eigenvalue weighted by molar-refractivity contribution is 6.16. The number of carboxylic acid groups (broad SMARTS) is 1. The van der Waals surface area contributed by atoms with Gasteiger partial charge < -0.3 is 19.5 Å². The minimum absolute atomic E-state index is 0.254. The quantitative estimate of drug-likeness (QED) is 0.788. The molecule has 0 aliphatic carbocycles. The molecule has 0 saturated carbocycles. The topological polar surface area (TPSA) is 71.9 Å². The van der Waals surface area contributed by atoms with E-state index in [0.717, 1.165) is 43.1 Å². The first-order valence-corrected chi connectivity index (χ1v) is 8.97. The second-order valence-electron chi connectivity index (χ2n) is 6.58. The number of carbonyl (C=O) groups is 1. The number of pyridine rings is 1. The Morgan fingerprint density at radius 1 is 1.19 bits per heavy atom. The van der Waals surface area contributed by atoms with E-state index in [1.54, 1.807) is 20.0 Å². The third kappa shape index (κ3) is 4.65. The number of hydrogen-bond acceptors (Lipinski definition) is 5. The van der Waals surface area contributed by atoms with Crippen molar-refractivity contribution in [2.75, 3.05) is 31.2 Å². The van der Waals surface area contributed by atoms with Crippen LogP contribution < -0.4 is 9.64 Å². The van der Waals surface area contributed by atoms with E-state index in [0.29, 0.717) is 17.0 Å². The predicted molar refractivity (Wildman–Crippen MR) is 104 cm³/mol. The monoisotopic (exact) mass is 368 g/mol. The van der Waals surface area contributed by atoms with Gasteiger partial charge in [-0.1, -0.05) is 29.8 Å². The zero-order valence-electron chi connectivity index (χ0n) is 15.6. The molecule has 1 aromatic carbocycles. The van der Waals surface area contributed by atoms with Gasteiger partial charge in [-0.15, -0.1) is 0 Å². The van der Waals surface area contributed by atoms with Gasteiger partial charge in [0.05, 0.1) is 30.7 Å². The highest BCUT2D eigenvalue weighted by Gasteiger charge is 2.16. The first-order chi connectivity index (χ1) is 13.1. The average molecular weight is 368 g/mol. The van der Waals surface area contributed by atoms with Crippen LogP contribution >= 0.6 is 0 Å². The zero-order valence-corrected chi connectivity index (χ0v) is 15.6. The molecule has 2 heterocycles. The molecule has 0 bridgehead atoms. The summed E-state index contributed by atoms with van der Waals surface area (Å²) >= 11 is 0. The van der Waals surface area contributed by atoms with Crippen LogP contribution in [0.5, 0.6) is 5.88 Å². The van der Waals surface area contributed by atoms with Gasteiger partial charge in [0.25, 0.3) is 0 Å². The smallest absolute Gasteiger partial charge is 0.336 e. The number of benzene rings is 1. The number of allylic oxidation sites excluding steroid dienone is 1. The van der Waals surface area contributed by atoms with Crippen molar-refractivity contribution in [2.45, 2.75) is 20.5 Å². The van der Waals surface area contributed by atoms with Gasteiger partial charge in [-0.3, -0.25) is 0 Å². The van der Waals surface area contributed by atoms with E-state index in [2.05, 4.69) is 9.88 Å². The van der Waals surface area contributed by atoms with E-state index in [9.17, 15) is 9.90 Å². The van der Waals surface area contributed by atoms with Gasteiger partial charge in [-0.25, -0.2) is 9.78 Å². The molecule has 27 heavy (non-hydrogen) atoms. The first-order valence-electron chi connectivity index (χ1n) is 8.97. The van der Waals surface area contributed by atoms with Gasteiger partial charge in [0.2, 0.25) is 5.88 Å². The van der Waals surface area contributed by atoms with Crippen LogP contribution in [-0.4, -0.2) is 42.4 Å². The first kappa shape index (κ1) is 18.9. The number of anilines is 1. The molecular formula is C21H24N2O4. The van der Waals surface area contributed by atoms with Crippen LogP contribution in [0.3, 0.4) is 0 Å². The molecule has 2 aromatic rings. The molecule has 1 aliphatic rings. The number of aliphatic carboxylic acids is 1. The Morgan fingerprint density at radius 2 is 1.93 bits per heavy atom. The maximum atomic E-state index is 11.6. The maximum Gasteiger partial charge on any atom is 0.336 e. The molecule has 1 aromatic heterocycles. The van der Waals surface area contributed by atoms with Crippen LogP contribution in [0.15, 0.2) is 48.2 Å². The summed E-state index contributed by atoms with van der Waals surface area (Å²) in [5.74, 6) is -0.425. The highest BCUT2D eigenvalue weighted by Crippen LogP contribution is 2.24. The molecular weight excluding hydrogens is 344 g/mol. The second kappa shape index (κ2) is 8.68. The van der Waals surface area contributed by atoms with E-state index in [1.165, 1.54) is 0 Å². The van der Waals surface area contributed by atoms with E-state index >= 15 is 0 Å². The Kier molecular flexibility index (Phi) is 6.08. The molecule has 0 spiro atoms. The SMILES string of the molecule is CC(C)=C(C(=O)O)c1ccccc1COc1ccc(N2CCOCC2)cn1. The molecule has 3 rings (SSSR count). The fourth-order valence-corrected chi connectivity index (χ4v) is 3.11. The fraction of sp³-hybridized carbons (Fsp3) is 0.333. The number of nitrogens with zero attached hydrogens (tertiary/aromatic N) is 2. The molecule has 1 aliphatic heterocycles. The molecule has 6 nitrogen and oxygen atoms in total. The second-order valence-corrected chi connectivity index (χ2v) is 6.58. The summed E-state index contributed by atoms with van der Waals surface area (Å²) in [4.78, 5) is 18.2. The number of morpholine rings is 1. The minimum Gasteiger partial charge on any atom is -0.478 e. The molecule has 142 valence electrons. The number of ether oxygens (including phenoxy) is 2. The van der Waals surface area contributed by atoms with Crippen molar-refractivity contribution in [1.82, 2.24) is 4.98 Å². The van der Waals surface area contributed by atoms with E-state index in [4.69, 9.17) is 9.47 Å². The van der Waals surface area contributed by atoms with Crippen LogP contribution in [-0.2, 0) is 16.1 Å². The summed E-state index contributed by atoms with van der Waals surface area (Å²) < 4.78 is 11.2. The normalized spacial score (nSPS) is 13.9. The summed E-state index contributed by atoms with van der Waals surface area (Å²) in [6.07, 6.45) is 1.80. The van der Waals surface area contributed by atoms with Crippen LogP contribution in [0.25, 0.3) is 5.57 Å². The van der Waals surface area contributed by atoms with Gasteiger partial charge in [-0.05, 0) is 31.0 Å². The van der Waals surface area contributed by atoms with Crippen molar-refractivity contribution in [3.8, 4) is 5.88 Å². The lowest BCUT2D eigenvalue weighted by Gasteiger charge is -2.28. The summed E-state index contributed by atoms with van der Waals surface area (Å²) in [5.41, 5.74) is 3.60. The van der Waals surface area contributed by atoms with Gasteiger partial charge in [-0.2, -0.15) is 0 Å². The Bertz CT molecular complexity index is 820. The lowest BCUT2D eigenvalue weighted by Crippen LogP contribution is -2.36. The summed E-state index contributed by atoms with van der Waals surface area (Å²) in [5, 5.41) is 9.54. The van der Waals surface area contributed by atoms with Crippen LogP contribution in [0.4, 0.5) is 5.69 Å². The number of hydrogen-bond donors (Lipinski definition) is 1. The number of rotatable bonds is 6. The molecule has 1 N–H and O–H groups in total. The van der Waals surface area contributed by atoms with Crippen molar-refractivity contribution < 1.29 is 19.4 Å². The van der Waals surface area contributed by atoms with Crippen molar-refractivity contribution >= 4 is 17.2 Å². The van der Waals surface area contributed by atoms with E-state index < -0.39 is 5.97 Å². The Morgan fingerprint density at radius 3 is 2.56 bits per heavy atom. The lowest BCUT2D eigenvalue weighted by molar-refractivity contribution is -0.130. The Labute approximate surface area is 159 Å². The molecule has 6 heteroatoms. The molecule has 0 radical (unpaired) electrons. The van der Waals surface area contributed by atoms with Gasteiger partial charge in [0, 0.05) is 19.2 Å². The van der Waals surface area contributed by atoms with Gasteiger partial charge in [0.1, 0.15) is 6.61 Å². The van der Waals surface area contributed by atoms with Crippen LogP contribution in [0, 0.1) is 0 Å². The molecule has 1 saturated heterocycles. The lowest BCUT2D eigenvalue weighted by atomic mass is 9.97. The summed E-state index contributed by atoms with van der Waals surface area (Å²) in [7, 11) is 0. The Hall–Kier alpha value is -2.86. The third-order valence-electron chi connectivity index (χ3n) is 4.47. The standard InChI is InChI=1S/C21H24N2O4/c1-15(2)20(21(24)25)18-6-4-3-5-16(18)14-27-19-8-7-17(13-22-19)23-9-11-26-12-10-23/h3-8,13H,9-12,14H2,1-2H3,(H,24,25). The number of carboxylic acids is 1. The van der Waals surface area contributed by atoms with Crippen molar-refractivity contribution in [1.29, 1.82) is 0 Å². The summed E-state index contributed by atoms with van der Waals surface area (Å²) in [6.45, 7) is 7.02. The van der Waals surface area contributed by atoms with Gasteiger partial charge >= 0.3 is 5.97 Å². The predicted octanol–water partition coefficient (Wildman–Crippen LogP) is 3.38. The Balaban J connectivity index is 1.72. The zero-order chi connectivity index (χ0) is 19.2. The van der Waals surface area contributed by atoms with Crippen LogP contribution in [0.2, 0.25) is 0 Å². The van der Waals surface area contributed by atoms with Gasteiger partial charge in [0.15, 0.2) is 0 Å². The van der Waals surface area contributed by atoms with Crippen molar-refractivity contribution in [2.24, 2.45) is 0 Å². The molecule has 0 unspecified atom stereocenters. The highest BCUT2D eigenvalue weighted by atomic mass is 16.5. The van der Waals surface area contributed by atoms with Crippen molar-refractivity contribution in [3.63, 3.8) is 0 Å². The third-order valence-corrected chi connectivity index (χ3v) is 4.47. The molecule has 0 atom stereocenters. The van der Waals surface area contributed by atoms with Crippen LogP contribution in [0.1, 0.15) is 25.0 Å². The fourth-order valence-electron chi connectivity index (χ4n) is 3.11. The summed E-state index contributed by atoms with van der Waals surface area (Å²) in [6, 6.07) is 11.2. The van der Waals surface area contributed by atoms with E-state index in [-0.39, 0.29) is 6.61 Å². The van der Waals surface area contributed by atoms with E-state index in [1.807, 2.05) is 36.4 Å². The minimum atomic E-state index is -0.935. The van der Waals surface area contributed by atoms with Crippen molar-refractivity contribution in [3.05, 3.63) is 59.3 Å².